The molecule has 156 valence electrons. The van der Waals surface area contributed by atoms with Crippen LogP contribution in [0.4, 0.5) is 11.4 Å². The number of benzene rings is 2. The lowest BCUT2D eigenvalue weighted by Crippen LogP contribution is -2.46. The van der Waals surface area contributed by atoms with Gasteiger partial charge in [-0.1, -0.05) is 26.7 Å². The number of carbonyl (C=O) groups is 2. The van der Waals surface area contributed by atoms with E-state index >= 15 is 0 Å². The molecule has 0 aromatic heterocycles. The second-order valence-corrected chi connectivity index (χ2v) is 6.90. The van der Waals surface area contributed by atoms with E-state index in [-0.39, 0.29) is 11.8 Å². The third kappa shape index (κ3) is 5.50. The molecular weight excluding hydrogens is 368 g/mol. The first-order valence-corrected chi connectivity index (χ1v) is 9.90. The van der Waals surface area contributed by atoms with E-state index in [1.807, 2.05) is 13.8 Å². The van der Waals surface area contributed by atoms with Gasteiger partial charge in [0, 0.05) is 11.4 Å². The molecule has 0 aliphatic carbocycles. The van der Waals surface area contributed by atoms with Crippen LogP contribution in [0.25, 0.3) is 0 Å². The zero-order chi connectivity index (χ0) is 21.3. The number of amides is 2. The van der Waals surface area contributed by atoms with Gasteiger partial charge in [-0.2, -0.15) is 0 Å². The molecule has 0 bridgehead atoms. The molecule has 0 spiro atoms. The average Bonchev–Trinajstić information content (AvgIpc) is 2.75. The molecule has 2 amide bonds. The lowest BCUT2D eigenvalue weighted by Gasteiger charge is -2.30. The molecule has 6 nitrogen and oxygen atoms in total. The van der Waals surface area contributed by atoms with Crippen molar-refractivity contribution in [2.24, 2.45) is 5.41 Å². The van der Waals surface area contributed by atoms with Gasteiger partial charge in [0.2, 0.25) is 11.8 Å². The van der Waals surface area contributed by atoms with Crippen molar-refractivity contribution in [3.05, 3.63) is 48.5 Å². The molecule has 2 rings (SSSR count). The summed E-state index contributed by atoms with van der Waals surface area (Å²) in [5.74, 6) is 0.801. The SMILES string of the molecule is CCCCC(CC)(C(=O)Nc1ccc(OC)cc1)C(=O)Nc1ccc(OC)cc1. The summed E-state index contributed by atoms with van der Waals surface area (Å²) in [5.41, 5.74) is 0.0975. The van der Waals surface area contributed by atoms with E-state index in [4.69, 9.17) is 9.47 Å². The summed E-state index contributed by atoms with van der Waals surface area (Å²) in [7, 11) is 3.17. The molecule has 6 heteroatoms. The van der Waals surface area contributed by atoms with Crippen molar-refractivity contribution in [3.8, 4) is 11.5 Å². The van der Waals surface area contributed by atoms with Gasteiger partial charge in [0.15, 0.2) is 0 Å². The maximum Gasteiger partial charge on any atom is 0.240 e. The van der Waals surface area contributed by atoms with Crippen LogP contribution >= 0.6 is 0 Å². The van der Waals surface area contributed by atoms with Crippen molar-refractivity contribution in [1.29, 1.82) is 0 Å². The van der Waals surface area contributed by atoms with E-state index in [0.717, 1.165) is 12.8 Å². The van der Waals surface area contributed by atoms with Gasteiger partial charge in [0.25, 0.3) is 0 Å². The number of ether oxygens (including phenoxy) is 2. The Kier molecular flexibility index (Phi) is 8.07. The van der Waals surface area contributed by atoms with Crippen molar-refractivity contribution in [1.82, 2.24) is 0 Å². The topological polar surface area (TPSA) is 76.7 Å². The number of carbonyl (C=O) groups excluding carboxylic acids is 2. The van der Waals surface area contributed by atoms with Crippen LogP contribution in [0.3, 0.4) is 0 Å². The second-order valence-electron chi connectivity index (χ2n) is 6.90. The standard InChI is InChI=1S/C23H30N2O4/c1-5-7-16-23(6-2,21(26)24-17-8-12-19(28-3)13-9-17)22(27)25-18-10-14-20(29-4)15-11-18/h8-15H,5-7,16H2,1-4H3,(H,24,26)(H,25,27). The molecule has 2 N–H and O–H groups in total. The Balaban J connectivity index is 2.23. The summed E-state index contributed by atoms with van der Waals surface area (Å²) < 4.78 is 10.3. The summed E-state index contributed by atoms with van der Waals surface area (Å²) >= 11 is 0. The first-order chi connectivity index (χ1) is 14.0. The normalized spacial score (nSPS) is 10.9. The fraction of sp³-hybridized carbons (Fsp3) is 0.391. The third-order valence-electron chi connectivity index (χ3n) is 5.13. The molecule has 0 unspecified atom stereocenters. The second kappa shape index (κ2) is 10.5. The first-order valence-electron chi connectivity index (χ1n) is 9.90. The predicted molar refractivity (Wildman–Crippen MR) is 115 cm³/mol. The third-order valence-corrected chi connectivity index (χ3v) is 5.13. The van der Waals surface area contributed by atoms with Gasteiger partial charge < -0.3 is 20.1 Å². The molecule has 29 heavy (non-hydrogen) atoms. The van der Waals surface area contributed by atoms with Crippen LogP contribution in [-0.2, 0) is 9.59 Å². The summed E-state index contributed by atoms with van der Waals surface area (Å²) in [4.78, 5) is 26.5. The number of hydrogen-bond donors (Lipinski definition) is 2. The lowest BCUT2D eigenvalue weighted by molar-refractivity contribution is -0.138. The van der Waals surface area contributed by atoms with Gasteiger partial charge in [0.1, 0.15) is 16.9 Å². The molecule has 2 aromatic rings. The molecule has 0 atom stereocenters. The Morgan fingerprint density at radius 2 is 1.21 bits per heavy atom. The number of methoxy groups -OCH3 is 2. The summed E-state index contributed by atoms with van der Waals surface area (Å²) in [6.07, 6.45) is 2.55. The van der Waals surface area contributed by atoms with E-state index < -0.39 is 5.41 Å². The number of unbranched alkanes of at least 4 members (excludes halogenated alkanes) is 1. The minimum atomic E-state index is -1.16. The van der Waals surface area contributed by atoms with E-state index in [0.29, 0.717) is 35.7 Å². The highest BCUT2D eigenvalue weighted by molar-refractivity contribution is 6.14. The van der Waals surface area contributed by atoms with Crippen molar-refractivity contribution >= 4 is 23.2 Å². The molecule has 2 aromatic carbocycles. The quantitative estimate of drug-likeness (QED) is 0.560. The molecule has 0 fully saturated rings. The van der Waals surface area contributed by atoms with Crippen molar-refractivity contribution in [3.63, 3.8) is 0 Å². The van der Waals surface area contributed by atoms with Gasteiger partial charge >= 0.3 is 0 Å². The maximum absolute atomic E-state index is 13.2. The van der Waals surface area contributed by atoms with Crippen LogP contribution in [0.5, 0.6) is 11.5 Å². The van der Waals surface area contributed by atoms with E-state index in [9.17, 15) is 9.59 Å². The van der Waals surface area contributed by atoms with Crippen LogP contribution in [0.15, 0.2) is 48.5 Å². The summed E-state index contributed by atoms with van der Waals surface area (Å²) in [6.45, 7) is 3.92. The van der Waals surface area contributed by atoms with E-state index in [2.05, 4.69) is 10.6 Å². The minimum Gasteiger partial charge on any atom is -0.497 e. The smallest absolute Gasteiger partial charge is 0.240 e. The Bertz CT molecular complexity index is 739. The van der Waals surface area contributed by atoms with Crippen LogP contribution in [0.2, 0.25) is 0 Å². The molecular formula is C23H30N2O4. The van der Waals surface area contributed by atoms with Gasteiger partial charge in [-0.25, -0.2) is 0 Å². The highest BCUT2D eigenvalue weighted by Crippen LogP contribution is 2.33. The summed E-state index contributed by atoms with van der Waals surface area (Å²) in [5, 5.41) is 5.81. The molecule has 0 radical (unpaired) electrons. The van der Waals surface area contributed by atoms with Gasteiger partial charge in [-0.3, -0.25) is 9.59 Å². The van der Waals surface area contributed by atoms with Crippen LogP contribution < -0.4 is 20.1 Å². The van der Waals surface area contributed by atoms with E-state index in [1.165, 1.54) is 0 Å². The first kappa shape index (κ1) is 22.3. The van der Waals surface area contributed by atoms with Crippen LogP contribution in [0.1, 0.15) is 39.5 Å². The van der Waals surface area contributed by atoms with Crippen LogP contribution in [0, 0.1) is 5.41 Å². The Hall–Kier alpha value is -3.02. The highest BCUT2D eigenvalue weighted by Gasteiger charge is 2.43. The number of anilines is 2. The molecule has 0 saturated carbocycles. The van der Waals surface area contributed by atoms with Crippen molar-refractivity contribution in [2.75, 3.05) is 24.9 Å². The predicted octanol–water partition coefficient (Wildman–Crippen LogP) is 4.87. The maximum atomic E-state index is 13.2. The van der Waals surface area contributed by atoms with E-state index in [1.54, 1.807) is 62.8 Å². The average molecular weight is 399 g/mol. The molecule has 0 aliphatic heterocycles. The molecule has 0 aliphatic rings. The van der Waals surface area contributed by atoms with Crippen molar-refractivity contribution < 1.29 is 19.1 Å². The highest BCUT2D eigenvalue weighted by atomic mass is 16.5. The van der Waals surface area contributed by atoms with Crippen molar-refractivity contribution in [2.45, 2.75) is 39.5 Å². The van der Waals surface area contributed by atoms with Gasteiger partial charge in [0.05, 0.1) is 14.2 Å². The number of nitrogens with one attached hydrogen (secondary N) is 2. The zero-order valence-corrected chi connectivity index (χ0v) is 17.6. The zero-order valence-electron chi connectivity index (χ0n) is 17.6. The lowest BCUT2D eigenvalue weighted by atomic mass is 9.78. The van der Waals surface area contributed by atoms with Gasteiger partial charge in [-0.15, -0.1) is 0 Å². The fourth-order valence-corrected chi connectivity index (χ4v) is 3.16. The minimum absolute atomic E-state index is 0.301. The largest absolute Gasteiger partial charge is 0.497 e. The Morgan fingerprint density at radius 3 is 1.52 bits per heavy atom. The number of rotatable bonds is 10. The fourth-order valence-electron chi connectivity index (χ4n) is 3.16. The Morgan fingerprint density at radius 1 is 0.793 bits per heavy atom. The number of hydrogen-bond acceptors (Lipinski definition) is 4. The summed E-state index contributed by atoms with van der Waals surface area (Å²) in [6, 6.07) is 14.1. The monoisotopic (exact) mass is 398 g/mol. The molecule has 0 heterocycles. The van der Waals surface area contributed by atoms with Gasteiger partial charge in [-0.05, 0) is 61.4 Å². The van der Waals surface area contributed by atoms with Crippen LogP contribution in [-0.4, -0.2) is 26.0 Å². The Labute approximate surface area is 172 Å². The molecule has 0 saturated heterocycles.